The first-order valence-electron chi connectivity index (χ1n) is 11.2. The standard InChI is InChI=1S/C24H32N4O4S/c1-19(29)26-22-10-12-23(13-11-22)33(31,32)27(2)18-24(30)25-16-20-8-4-5-9-21(20)17-28-14-6-3-7-15-28/h4-5,8-13H,3,6-7,14-18H2,1-2H3,(H,25,30)(H,26,29). The van der Waals surface area contributed by atoms with Crippen LogP contribution >= 0.6 is 0 Å². The Morgan fingerprint density at radius 2 is 1.61 bits per heavy atom. The average molecular weight is 473 g/mol. The molecule has 0 radical (unpaired) electrons. The zero-order valence-electron chi connectivity index (χ0n) is 19.2. The second-order valence-corrected chi connectivity index (χ2v) is 10.4. The van der Waals surface area contributed by atoms with Crippen LogP contribution in [0.2, 0.25) is 0 Å². The maximum atomic E-state index is 12.8. The van der Waals surface area contributed by atoms with E-state index in [1.165, 1.54) is 63.1 Å². The molecule has 33 heavy (non-hydrogen) atoms. The summed E-state index contributed by atoms with van der Waals surface area (Å²) in [6.45, 7) is 4.48. The minimum absolute atomic E-state index is 0.0544. The second-order valence-electron chi connectivity index (χ2n) is 8.35. The van der Waals surface area contributed by atoms with Crippen molar-refractivity contribution in [3.63, 3.8) is 0 Å². The number of rotatable bonds is 9. The number of likely N-dealkylation sites (tertiary alicyclic amines) is 1. The summed E-state index contributed by atoms with van der Waals surface area (Å²) in [4.78, 5) is 26.1. The van der Waals surface area contributed by atoms with Crippen LogP contribution in [0.25, 0.3) is 0 Å². The molecule has 9 heteroatoms. The highest BCUT2D eigenvalue weighted by molar-refractivity contribution is 7.89. The Morgan fingerprint density at radius 3 is 2.24 bits per heavy atom. The van der Waals surface area contributed by atoms with Crippen molar-refractivity contribution >= 4 is 27.5 Å². The summed E-state index contributed by atoms with van der Waals surface area (Å²) in [7, 11) is -2.46. The zero-order chi connectivity index (χ0) is 23.8. The van der Waals surface area contributed by atoms with Gasteiger partial charge < -0.3 is 10.6 Å². The molecular formula is C24H32N4O4S. The van der Waals surface area contributed by atoms with Crippen molar-refractivity contribution in [3.05, 3.63) is 59.7 Å². The molecule has 1 fully saturated rings. The lowest BCUT2D eigenvalue weighted by Crippen LogP contribution is -2.38. The third kappa shape index (κ3) is 7.12. The number of nitrogens with zero attached hydrogens (tertiary/aromatic N) is 2. The van der Waals surface area contributed by atoms with Gasteiger partial charge in [-0.2, -0.15) is 4.31 Å². The molecule has 8 nitrogen and oxygen atoms in total. The minimum Gasteiger partial charge on any atom is -0.351 e. The van der Waals surface area contributed by atoms with Gasteiger partial charge in [0, 0.05) is 32.7 Å². The molecule has 3 rings (SSSR count). The topological polar surface area (TPSA) is 98.8 Å². The molecule has 2 N–H and O–H groups in total. The van der Waals surface area contributed by atoms with Crippen LogP contribution in [0.15, 0.2) is 53.4 Å². The van der Waals surface area contributed by atoms with Crippen LogP contribution in [-0.2, 0) is 32.7 Å². The molecule has 178 valence electrons. The summed E-state index contributed by atoms with van der Waals surface area (Å²) in [5, 5.41) is 5.44. The summed E-state index contributed by atoms with van der Waals surface area (Å²) in [6.07, 6.45) is 3.72. The fraction of sp³-hybridized carbons (Fsp3) is 0.417. The van der Waals surface area contributed by atoms with Gasteiger partial charge >= 0.3 is 0 Å². The Bertz CT molecular complexity index is 1060. The molecule has 1 aliphatic heterocycles. The van der Waals surface area contributed by atoms with E-state index >= 15 is 0 Å². The van der Waals surface area contributed by atoms with Gasteiger partial charge in [0.15, 0.2) is 0 Å². The van der Waals surface area contributed by atoms with Crippen LogP contribution in [0, 0.1) is 0 Å². The van der Waals surface area contributed by atoms with E-state index in [1.807, 2.05) is 18.2 Å². The fourth-order valence-corrected chi connectivity index (χ4v) is 5.00. The van der Waals surface area contributed by atoms with Gasteiger partial charge in [-0.15, -0.1) is 0 Å². The number of anilines is 1. The Hall–Kier alpha value is -2.75. The Morgan fingerprint density at radius 1 is 0.970 bits per heavy atom. The summed E-state index contributed by atoms with van der Waals surface area (Å²) in [5.74, 6) is -0.611. The minimum atomic E-state index is -3.84. The van der Waals surface area contributed by atoms with E-state index in [-0.39, 0.29) is 23.3 Å². The Kier molecular flexibility index (Phi) is 8.60. The van der Waals surface area contributed by atoms with Gasteiger partial charge in [0.25, 0.3) is 0 Å². The van der Waals surface area contributed by atoms with Crippen LogP contribution in [0.1, 0.15) is 37.3 Å². The van der Waals surface area contributed by atoms with Gasteiger partial charge in [0.05, 0.1) is 11.4 Å². The highest BCUT2D eigenvalue weighted by atomic mass is 32.2. The Balaban J connectivity index is 1.56. The lowest BCUT2D eigenvalue weighted by molar-refractivity contribution is -0.121. The highest BCUT2D eigenvalue weighted by Crippen LogP contribution is 2.18. The monoisotopic (exact) mass is 472 g/mol. The molecular weight excluding hydrogens is 440 g/mol. The number of piperidine rings is 1. The maximum Gasteiger partial charge on any atom is 0.243 e. The summed E-state index contributed by atoms with van der Waals surface area (Å²) < 4.78 is 26.6. The number of hydrogen-bond donors (Lipinski definition) is 2. The maximum absolute atomic E-state index is 12.8. The summed E-state index contributed by atoms with van der Waals surface area (Å²) in [5.41, 5.74) is 2.72. The average Bonchev–Trinajstić information content (AvgIpc) is 2.79. The van der Waals surface area contributed by atoms with Crippen LogP contribution in [0.5, 0.6) is 0 Å². The third-order valence-electron chi connectivity index (χ3n) is 5.69. The molecule has 0 aliphatic carbocycles. The zero-order valence-corrected chi connectivity index (χ0v) is 20.0. The molecule has 1 heterocycles. The van der Waals surface area contributed by atoms with E-state index in [0.29, 0.717) is 12.2 Å². The van der Waals surface area contributed by atoms with E-state index < -0.39 is 10.0 Å². The van der Waals surface area contributed by atoms with Crippen LogP contribution < -0.4 is 10.6 Å². The predicted octanol–water partition coefficient (Wildman–Crippen LogP) is 2.57. The molecule has 0 atom stereocenters. The number of nitrogens with one attached hydrogen (secondary N) is 2. The van der Waals surface area contributed by atoms with Crippen molar-refractivity contribution < 1.29 is 18.0 Å². The van der Waals surface area contributed by atoms with Gasteiger partial charge in [-0.05, 0) is 61.3 Å². The fourth-order valence-electron chi connectivity index (χ4n) is 3.87. The number of carbonyl (C=O) groups excluding carboxylic acids is 2. The summed E-state index contributed by atoms with van der Waals surface area (Å²) >= 11 is 0. The van der Waals surface area contributed by atoms with Crippen LogP contribution in [-0.4, -0.2) is 56.1 Å². The SMILES string of the molecule is CC(=O)Nc1ccc(S(=O)(=O)N(C)CC(=O)NCc2ccccc2CN2CCCCC2)cc1. The molecule has 0 bridgehead atoms. The lowest BCUT2D eigenvalue weighted by Gasteiger charge is -2.27. The first-order valence-corrected chi connectivity index (χ1v) is 12.6. The molecule has 1 saturated heterocycles. The molecule has 2 amide bonds. The van der Waals surface area contributed by atoms with Crippen molar-refractivity contribution in [2.24, 2.45) is 0 Å². The molecule has 2 aromatic carbocycles. The van der Waals surface area contributed by atoms with Gasteiger partial charge in [0.2, 0.25) is 21.8 Å². The number of sulfonamides is 1. The van der Waals surface area contributed by atoms with Crippen molar-refractivity contribution in [2.45, 2.75) is 44.2 Å². The lowest BCUT2D eigenvalue weighted by atomic mass is 10.0. The van der Waals surface area contributed by atoms with E-state index in [0.717, 1.165) is 29.5 Å². The van der Waals surface area contributed by atoms with Gasteiger partial charge in [-0.3, -0.25) is 14.5 Å². The Labute approximate surface area is 196 Å². The number of amides is 2. The quantitative estimate of drug-likeness (QED) is 0.585. The van der Waals surface area contributed by atoms with E-state index in [2.05, 4.69) is 21.6 Å². The number of hydrogen-bond acceptors (Lipinski definition) is 5. The van der Waals surface area contributed by atoms with Gasteiger partial charge in [-0.25, -0.2) is 8.42 Å². The van der Waals surface area contributed by atoms with Crippen molar-refractivity contribution in [3.8, 4) is 0 Å². The number of likely N-dealkylation sites (N-methyl/N-ethyl adjacent to an activating group) is 1. The molecule has 0 unspecified atom stereocenters. The number of carbonyl (C=O) groups is 2. The first kappa shape index (κ1) is 24.9. The molecule has 0 saturated carbocycles. The normalized spacial score (nSPS) is 14.8. The third-order valence-corrected chi connectivity index (χ3v) is 7.50. The molecule has 0 aromatic heterocycles. The smallest absolute Gasteiger partial charge is 0.243 e. The van der Waals surface area contributed by atoms with Crippen molar-refractivity contribution in [2.75, 3.05) is 32.0 Å². The van der Waals surface area contributed by atoms with Crippen LogP contribution in [0.4, 0.5) is 5.69 Å². The van der Waals surface area contributed by atoms with E-state index in [1.54, 1.807) is 0 Å². The molecule has 0 spiro atoms. The van der Waals surface area contributed by atoms with Crippen molar-refractivity contribution in [1.82, 2.24) is 14.5 Å². The molecule has 2 aromatic rings. The van der Waals surface area contributed by atoms with Crippen LogP contribution in [0.3, 0.4) is 0 Å². The molecule has 1 aliphatic rings. The highest BCUT2D eigenvalue weighted by Gasteiger charge is 2.23. The van der Waals surface area contributed by atoms with Gasteiger partial charge in [0.1, 0.15) is 0 Å². The second kappa shape index (κ2) is 11.4. The van der Waals surface area contributed by atoms with E-state index in [9.17, 15) is 18.0 Å². The predicted molar refractivity (Wildman–Crippen MR) is 128 cm³/mol. The van der Waals surface area contributed by atoms with E-state index in [4.69, 9.17) is 0 Å². The first-order chi connectivity index (χ1) is 15.8. The largest absolute Gasteiger partial charge is 0.351 e. The summed E-state index contributed by atoms with van der Waals surface area (Å²) in [6, 6.07) is 13.9. The van der Waals surface area contributed by atoms with Crippen molar-refractivity contribution in [1.29, 1.82) is 0 Å². The van der Waals surface area contributed by atoms with Gasteiger partial charge in [-0.1, -0.05) is 30.7 Å². The number of benzene rings is 2.